The van der Waals surface area contributed by atoms with Crippen molar-refractivity contribution in [1.82, 2.24) is 5.16 Å². The number of amides is 1. The lowest BCUT2D eigenvalue weighted by atomic mass is 10.0. The van der Waals surface area contributed by atoms with Crippen molar-refractivity contribution in [2.45, 2.75) is 90.4 Å². The van der Waals surface area contributed by atoms with Gasteiger partial charge < -0.3 is 14.1 Å². The summed E-state index contributed by atoms with van der Waals surface area (Å²) in [5.41, 5.74) is 0. The summed E-state index contributed by atoms with van der Waals surface area (Å²) in [4.78, 5) is 11.9. The van der Waals surface area contributed by atoms with Crippen molar-refractivity contribution in [3.05, 3.63) is 5.76 Å². The Bertz CT molecular complexity index is 550. The fraction of sp³-hybridized carbons (Fsp3) is 0.818. The molecule has 0 aliphatic heterocycles. The van der Waals surface area contributed by atoms with Crippen LogP contribution in [0.4, 0.5) is 5.82 Å². The van der Waals surface area contributed by atoms with Crippen LogP contribution in [0, 0.1) is 0 Å². The molecule has 0 aliphatic rings. The molecule has 0 radical (unpaired) electrons. The molecule has 6 heteroatoms. The zero-order chi connectivity index (χ0) is 20.8. The first-order valence-electron chi connectivity index (χ1n) is 11.1. The Morgan fingerprint density at radius 2 is 1.43 bits per heavy atom. The summed E-state index contributed by atoms with van der Waals surface area (Å²) in [5, 5.41) is 16.6. The van der Waals surface area contributed by atoms with E-state index in [-0.39, 0.29) is 17.5 Å². The van der Waals surface area contributed by atoms with E-state index in [0.29, 0.717) is 23.2 Å². The molecule has 1 heterocycles. The fourth-order valence-electron chi connectivity index (χ4n) is 3.29. The number of aromatic hydroxyl groups is 1. The van der Waals surface area contributed by atoms with E-state index in [9.17, 15) is 9.90 Å². The minimum atomic E-state index is -0.187. The Kier molecular flexibility index (Phi) is 11.9. The van der Waals surface area contributed by atoms with Crippen LogP contribution in [0.1, 0.15) is 89.7 Å². The van der Waals surface area contributed by atoms with E-state index in [1.54, 1.807) is 0 Å². The van der Waals surface area contributed by atoms with Gasteiger partial charge in [0.1, 0.15) is 0 Å². The zero-order valence-corrected chi connectivity index (χ0v) is 18.6. The molecule has 0 atom stereocenters. The lowest BCUT2D eigenvalue weighted by Crippen LogP contribution is -2.41. The lowest BCUT2D eigenvalue weighted by Gasteiger charge is -2.22. The van der Waals surface area contributed by atoms with Crippen molar-refractivity contribution < 1.29 is 18.9 Å². The molecule has 0 saturated carbocycles. The van der Waals surface area contributed by atoms with Gasteiger partial charge in [-0.15, -0.1) is 0 Å². The van der Waals surface area contributed by atoms with Crippen molar-refractivity contribution in [2.75, 3.05) is 33.0 Å². The fourth-order valence-corrected chi connectivity index (χ4v) is 3.29. The van der Waals surface area contributed by atoms with Crippen molar-refractivity contribution in [3.63, 3.8) is 0 Å². The van der Waals surface area contributed by atoms with Crippen LogP contribution in [0.2, 0.25) is 0 Å². The Morgan fingerprint density at radius 3 is 1.93 bits per heavy atom. The quantitative estimate of drug-likeness (QED) is 0.295. The van der Waals surface area contributed by atoms with Gasteiger partial charge in [0.05, 0.1) is 21.1 Å². The molecule has 28 heavy (non-hydrogen) atoms. The molecular weight excluding hydrogens is 354 g/mol. The molecule has 0 saturated heterocycles. The Balaban J connectivity index is 2.10. The number of unbranched alkanes of at least 4 members (excludes halogenated alkanes) is 11. The second-order valence-electron chi connectivity index (χ2n) is 8.94. The average Bonchev–Trinajstić information content (AvgIpc) is 2.94. The SMILES string of the molecule is CCCCCCCCCCCCCCc1onc(NC(=O)C[N+](C)(C)C)c1O. The maximum Gasteiger partial charge on any atom is 0.280 e. The molecule has 0 fully saturated rings. The van der Waals surface area contributed by atoms with E-state index < -0.39 is 0 Å². The van der Waals surface area contributed by atoms with Gasteiger partial charge in [0.15, 0.2) is 12.3 Å². The first kappa shape index (κ1) is 24.5. The number of carbonyl (C=O) groups excluding carboxylic acids is 1. The molecule has 0 unspecified atom stereocenters. The van der Waals surface area contributed by atoms with Crippen LogP contribution in [0.15, 0.2) is 4.52 Å². The molecule has 162 valence electrons. The summed E-state index contributed by atoms with van der Waals surface area (Å²) >= 11 is 0. The molecule has 1 aromatic rings. The first-order chi connectivity index (χ1) is 13.3. The second kappa shape index (κ2) is 13.6. The third-order valence-corrected chi connectivity index (χ3v) is 4.87. The number of hydrogen-bond acceptors (Lipinski definition) is 4. The lowest BCUT2D eigenvalue weighted by molar-refractivity contribution is -0.861. The van der Waals surface area contributed by atoms with Gasteiger partial charge in [-0.2, -0.15) is 0 Å². The summed E-state index contributed by atoms with van der Waals surface area (Å²) in [6, 6.07) is 0. The van der Waals surface area contributed by atoms with Gasteiger partial charge >= 0.3 is 0 Å². The van der Waals surface area contributed by atoms with Gasteiger partial charge in [-0.25, -0.2) is 0 Å². The number of quaternary nitrogens is 1. The highest BCUT2D eigenvalue weighted by molar-refractivity contribution is 5.91. The number of aryl methyl sites for hydroxylation is 1. The Morgan fingerprint density at radius 1 is 0.929 bits per heavy atom. The summed E-state index contributed by atoms with van der Waals surface area (Å²) < 4.78 is 5.72. The third kappa shape index (κ3) is 11.3. The number of rotatable bonds is 16. The molecule has 0 bridgehead atoms. The number of aromatic nitrogens is 1. The van der Waals surface area contributed by atoms with Gasteiger partial charge in [0.2, 0.25) is 11.6 Å². The number of carbonyl (C=O) groups is 1. The summed E-state index contributed by atoms with van der Waals surface area (Å²) in [5.74, 6) is 0.380. The van der Waals surface area contributed by atoms with Crippen LogP contribution in [0.3, 0.4) is 0 Å². The normalized spacial score (nSPS) is 11.7. The molecule has 6 nitrogen and oxygen atoms in total. The van der Waals surface area contributed by atoms with Crippen molar-refractivity contribution in [3.8, 4) is 5.75 Å². The largest absolute Gasteiger partial charge is 0.502 e. The summed E-state index contributed by atoms with van der Waals surface area (Å²) in [6.07, 6.45) is 16.2. The van der Waals surface area contributed by atoms with E-state index in [4.69, 9.17) is 4.52 Å². The van der Waals surface area contributed by atoms with Crippen LogP contribution in [-0.4, -0.2) is 48.3 Å². The molecular formula is C22H42N3O3+. The summed E-state index contributed by atoms with van der Waals surface area (Å²) in [6.45, 7) is 2.56. The summed E-state index contributed by atoms with van der Waals surface area (Å²) in [7, 11) is 5.80. The van der Waals surface area contributed by atoms with Crippen molar-refractivity contribution in [1.29, 1.82) is 0 Å². The Labute approximate surface area is 171 Å². The van der Waals surface area contributed by atoms with E-state index in [1.807, 2.05) is 21.1 Å². The number of likely N-dealkylation sites (N-methyl/N-ethyl adjacent to an activating group) is 1. The zero-order valence-electron chi connectivity index (χ0n) is 18.6. The highest BCUT2D eigenvalue weighted by Gasteiger charge is 2.20. The van der Waals surface area contributed by atoms with E-state index in [1.165, 1.54) is 64.2 Å². The highest BCUT2D eigenvalue weighted by atomic mass is 16.5. The maximum atomic E-state index is 11.9. The van der Waals surface area contributed by atoms with Crippen LogP contribution in [0.25, 0.3) is 0 Å². The molecule has 0 aliphatic carbocycles. The van der Waals surface area contributed by atoms with Crippen LogP contribution in [0.5, 0.6) is 5.75 Å². The van der Waals surface area contributed by atoms with E-state index in [0.717, 1.165) is 12.8 Å². The number of nitrogens with one attached hydrogen (secondary N) is 1. The molecule has 0 aromatic carbocycles. The third-order valence-electron chi connectivity index (χ3n) is 4.87. The first-order valence-corrected chi connectivity index (χ1v) is 11.1. The second-order valence-corrected chi connectivity index (χ2v) is 8.94. The molecule has 0 spiro atoms. The highest BCUT2D eigenvalue weighted by Crippen LogP contribution is 2.28. The van der Waals surface area contributed by atoms with E-state index >= 15 is 0 Å². The minimum Gasteiger partial charge on any atom is -0.502 e. The number of nitrogens with zero attached hydrogens (tertiary/aromatic N) is 2. The number of hydrogen-bond donors (Lipinski definition) is 2. The van der Waals surface area contributed by atoms with Crippen LogP contribution < -0.4 is 5.32 Å². The molecule has 1 rings (SSSR count). The van der Waals surface area contributed by atoms with Gasteiger partial charge in [0, 0.05) is 6.42 Å². The Hall–Kier alpha value is -1.56. The predicted octanol–water partition coefficient (Wildman–Crippen LogP) is 5.27. The molecule has 1 amide bonds. The average molecular weight is 397 g/mol. The van der Waals surface area contributed by atoms with Crippen molar-refractivity contribution in [2.24, 2.45) is 0 Å². The molecule has 2 N–H and O–H groups in total. The predicted molar refractivity (Wildman–Crippen MR) is 114 cm³/mol. The topological polar surface area (TPSA) is 75.4 Å². The van der Waals surface area contributed by atoms with Gasteiger partial charge in [0.25, 0.3) is 5.91 Å². The standard InChI is InChI=1S/C22H41N3O3/c1-5-6-7-8-9-10-11-12-13-14-15-16-17-19-21(27)22(24-28-19)23-20(26)18-25(2,3)4/h5-18H2,1-4H3,(H-,23,24,26,27)/p+1. The van der Waals surface area contributed by atoms with Crippen molar-refractivity contribution >= 4 is 11.7 Å². The smallest absolute Gasteiger partial charge is 0.280 e. The minimum absolute atomic E-state index is 0.0298. The van der Waals surface area contributed by atoms with Gasteiger partial charge in [-0.3, -0.25) is 10.1 Å². The van der Waals surface area contributed by atoms with E-state index in [2.05, 4.69) is 17.4 Å². The van der Waals surface area contributed by atoms with Crippen LogP contribution >= 0.6 is 0 Å². The van der Waals surface area contributed by atoms with Gasteiger partial charge in [-0.1, -0.05) is 82.7 Å². The maximum absolute atomic E-state index is 11.9. The van der Waals surface area contributed by atoms with Crippen LogP contribution in [-0.2, 0) is 11.2 Å². The van der Waals surface area contributed by atoms with Gasteiger partial charge in [-0.05, 0) is 6.42 Å². The monoisotopic (exact) mass is 396 g/mol. The number of anilines is 1. The molecule has 1 aromatic heterocycles.